The summed E-state index contributed by atoms with van der Waals surface area (Å²) in [6, 6.07) is 6.39. The molecule has 3 aromatic rings. The summed E-state index contributed by atoms with van der Waals surface area (Å²) < 4.78 is 30.5. The minimum absolute atomic E-state index is 0.0147. The summed E-state index contributed by atoms with van der Waals surface area (Å²) in [6.07, 6.45) is 0.642. The van der Waals surface area contributed by atoms with Gasteiger partial charge in [0.25, 0.3) is 11.5 Å². The third kappa shape index (κ3) is 5.90. The standard InChI is InChI=1S/C27H29ClF2N8O3.C2H6/c1-13-11-16(14(2)32-18-5-6-19(28)33-21(18)23(31)39)20-17(12-13)24(40)36(3)26(34-20)38-9-7-15(8-10-38)22-27(29,30)25(41)37(4)35-22;1-2/h5-6,11-12,14-15,32H,7-10H2,1-4H3,(H2,31,39);1-2H3. The quantitative estimate of drug-likeness (QED) is 0.394. The van der Waals surface area contributed by atoms with E-state index in [0.29, 0.717) is 59.0 Å². The number of hydrogen-bond donors (Lipinski definition) is 2. The van der Waals surface area contributed by atoms with Gasteiger partial charge in [0.2, 0.25) is 5.95 Å². The molecule has 0 bridgehead atoms. The van der Waals surface area contributed by atoms with E-state index in [9.17, 15) is 23.2 Å². The van der Waals surface area contributed by atoms with Gasteiger partial charge in [0, 0.05) is 38.7 Å². The lowest BCUT2D eigenvalue weighted by molar-refractivity contribution is -0.144. The number of hydrogen-bond acceptors (Lipinski definition) is 8. The topological polar surface area (TPSA) is 139 Å². The highest BCUT2D eigenvalue weighted by Crippen LogP contribution is 2.35. The van der Waals surface area contributed by atoms with Gasteiger partial charge in [-0.3, -0.25) is 19.0 Å². The molecule has 4 heterocycles. The highest BCUT2D eigenvalue weighted by Gasteiger charge is 2.54. The van der Waals surface area contributed by atoms with Crippen LogP contribution in [0.5, 0.6) is 0 Å². The number of halogens is 3. The fourth-order valence-corrected chi connectivity index (χ4v) is 5.63. The number of pyridine rings is 1. The number of fused-ring (bicyclic) bond motifs is 1. The zero-order valence-corrected chi connectivity index (χ0v) is 25.7. The number of aromatic nitrogens is 3. The maximum absolute atomic E-state index is 14.5. The van der Waals surface area contributed by atoms with Crippen molar-refractivity contribution in [1.29, 1.82) is 0 Å². The highest BCUT2D eigenvalue weighted by molar-refractivity contribution is 6.29. The number of carbonyl (C=O) groups is 2. The van der Waals surface area contributed by atoms with Gasteiger partial charge in [-0.1, -0.05) is 31.5 Å². The number of benzene rings is 1. The van der Waals surface area contributed by atoms with Gasteiger partial charge in [-0.25, -0.2) is 15.0 Å². The molecular weight excluding hydrogens is 582 g/mol. The van der Waals surface area contributed by atoms with Crippen molar-refractivity contribution >= 4 is 51.7 Å². The zero-order chi connectivity index (χ0) is 31.8. The Morgan fingerprint density at radius 1 is 1.14 bits per heavy atom. The summed E-state index contributed by atoms with van der Waals surface area (Å²) in [7, 11) is 2.85. The molecule has 0 spiro atoms. The fourth-order valence-electron chi connectivity index (χ4n) is 5.48. The van der Waals surface area contributed by atoms with Crippen LogP contribution in [0.25, 0.3) is 10.9 Å². The van der Waals surface area contributed by atoms with Crippen LogP contribution in [-0.2, 0) is 11.8 Å². The number of anilines is 2. The van der Waals surface area contributed by atoms with Crippen LogP contribution in [0, 0.1) is 12.8 Å². The van der Waals surface area contributed by atoms with Crippen molar-refractivity contribution in [2.24, 2.45) is 23.8 Å². The van der Waals surface area contributed by atoms with Gasteiger partial charge in [-0.2, -0.15) is 13.9 Å². The van der Waals surface area contributed by atoms with E-state index in [1.54, 1.807) is 19.2 Å². The Hall–Kier alpha value is -4.13. The number of piperidine rings is 1. The molecule has 11 nitrogen and oxygen atoms in total. The maximum Gasteiger partial charge on any atom is 0.366 e. The van der Waals surface area contributed by atoms with Crippen molar-refractivity contribution in [3.8, 4) is 0 Å². The first kappa shape index (κ1) is 31.8. The van der Waals surface area contributed by atoms with Crippen molar-refractivity contribution < 1.29 is 18.4 Å². The van der Waals surface area contributed by atoms with Gasteiger partial charge in [0.15, 0.2) is 5.69 Å². The summed E-state index contributed by atoms with van der Waals surface area (Å²) in [4.78, 5) is 48.1. The molecule has 2 amide bonds. The lowest BCUT2D eigenvalue weighted by Gasteiger charge is -2.34. The first-order valence-electron chi connectivity index (χ1n) is 14.0. The zero-order valence-electron chi connectivity index (χ0n) is 24.9. The number of alkyl halides is 2. The van der Waals surface area contributed by atoms with Crippen LogP contribution < -0.4 is 21.5 Å². The Morgan fingerprint density at radius 2 is 1.79 bits per heavy atom. The van der Waals surface area contributed by atoms with E-state index >= 15 is 0 Å². The van der Waals surface area contributed by atoms with Gasteiger partial charge in [0.05, 0.1) is 22.6 Å². The predicted octanol–water partition coefficient (Wildman–Crippen LogP) is 4.27. The predicted molar refractivity (Wildman–Crippen MR) is 163 cm³/mol. The van der Waals surface area contributed by atoms with Crippen LogP contribution in [0.3, 0.4) is 0 Å². The van der Waals surface area contributed by atoms with Crippen LogP contribution >= 0.6 is 11.6 Å². The number of carbonyl (C=O) groups excluding carboxylic acids is 2. The minimum atomic E-state index is -3.61. The van der Waals surface area contributed by atoms with Crippen LogP contribution in [0.15, 0.2) is 34.2 Å². The van der Waals surface area contributed by atoms with Crippen molar-refractivity contribution in [3.05, 3.63) is 56.6 Å². The normalized spacial score (nSPS) is 17.4. The Kier molecular flexibility index (Phi) is 9.05. The molecule has 1 atom stereocenters. The van der Waals surface area contributed by atoms with Crippen LogP contribution in [0.1, 0.15) is 61.3 Å². The first-order valence-corrected chi connectivity index (χ1v) is 14.4. The maximum atomic E-state index is 14.5. The van der Waals surface area contributed by atoms with E-state index in [1.807, 2.05) is 38.7 Å². The Morgan fingerprint density at radius 3 is 2.37 bits per heavy atom. The number of nitrogens with two attached hydrogens (primary N) is 1. The number of primary amides is 1. The molecular formula is C29H35ClF2N8O3. The van der Waals surface area contributed by atoms with Crippen molar-refractivity contribution in [2.75, 3.05) is 30.4 Å². The van der Waals surface area contributed by atoms with E-state index in [2.05, 4.69) is 15.4 Å². The molecule has 5 rings (SSSR count). The van der Waals surface area contributed by atoms with Gasteiger partial charge in [0.1, 0.15) is 10.9 Å². The van der Waals surface area contributed by atoms with E-state index in [4.69, 9.17) is 22.3 Å². The molecule has 3 N–H and O–H groups in total. The SMILES string of the molecule is CC.Cc1cc(C(C)Nc2ccc(Cl)nc2C(N)=O)c2nc(N3CCC(C4=NN(C)C(=O)C4(F)F)CC3)n(C)c(=O)c2c1. The van der Waals surface area contributed by atoms with Crippen LogP contribution in [-0.4, -0.2) is 63.1 Å². The molecule has 14 heteroatoms. The van der Waals surface area contributed by atoms with Crippen molar-refractivity contribution in [3.63, 3.8) is 0 Å². The average molecular weight is 617 g/mol. The molecule has 230 valence electrons. The van der Waals surface area contributed by atoms with Crippen LogP contribution in [0.4, 0.5) is 20.4 Å². The minimum Gasteiger partial charge on any atom is -0.377 e. The van der Waals surface area contributed by atoms with E-state index in [0.717, 1.165) is 5.56 Å². The van der Waals surface area contributed by atoms with Crippen molar-refractivity contribution in [1.82, 2.24) is 19.5 Å². The van der Waals surface area contributed by atoms with Gasteiger partial charge in [-0.05, 0) is 50.5 Å². The Balaban J connectivity index is 0.00000207. The molecule has 0 aliphatic carbocycles. The van der Waals surface area contributed by atoms with E-state index in [-0.39, 0.29) is 16.4 Å². The molecule has 1 saturated heterocycles. The number of amides is 2. The third-order valence-corrected chi connectivity index (χ3v) is 7.78. The number of rotatable bonds is 6. The second kappa shape index (κ2) is 12.2. The molecule has 2 aromatic heterocycles. The van der Waals surface area contributed by atoms with E-state index < -0.39 is 35.4 Å². The number of hydrazone groups is 1. The second-order valence-electron chi connectivity index (χ2n) is 10.4. The highest BCUT2D eigenvalue weighted by atomic mass is 35.5. The average Bonchev–Trinajstić information content (AvgIpc) is 3.19. The Labute approximate surface area is 252 Å². The molecule has 0 radical (unpaired) electrons. The molecule has 1 fully saturated rings. The third-order valence-electron chi connectivity index (χ3n) is 7.57. The summed E-state index contributed by atoms with van der Waals surface area (Å²) in [5, 5.41) is 8.30. The second-order valence-corrected chi connectivity index (χ2v) is 10.8. The fraction of sp³-hybridized carbons (Fsp3) is 0.448. The largest absolute Gasteiger partial charge is 0.377 e. The molecule has 43 heavy (non-hydrogen) atoms. The molecule has 0 saturated carbocycles. The molecule has 2 aliphatic rings. The molecule has 1 unspecified atom stereocenters. The van der Waals surface area contributed by atoms with Gasteiger partial charge in [-0.15, -0.1) is 0 Å². The summed E-state index contributed by atoms with van der Waals surface area (Å²) in [6.45, 7) is 8.42. The summed E-state index contributed by atoms with van der Waals surface area (Å²) in [5.41, 5.74) is 7.22. The van der Waals surface area contributed by atoms with Crippen LogP contribution in [0.2, 0.25) is 5.15 Å². The first-order chi connectivity index (χ1) is 20.3. The van der Waals surface area contributed by atoms with Crippen molar-refractivity contribution in [2.45, 2.75) is 52.5 Å². The Bertz CT molecular complexity index is 1670. The molecule has 2 aliphatic heterocycles. The van der Waals surface area contributed by atoms with E-state index in [1.165, 1.54) is 17.7 Å². The number of nitrogens with zero attached hydrogens (tertiary/aromatic N) is 6. The van der Waals surface area contributed by atoms with Gasteiger partial charge >= 0.3 is 11.8 Å². The lowest BCUT2D eigenvalue weighted by Crippen LogP contribution is -2.45. The number of aryl methyl sites for hydroxylation is 1. The summed E-state index contributed by atoms with van der Waals surface area (Å²) in [5.74, 6) is -5.85. The number of nitrogens with one attached hydrogen (secondary N) is 1. The van der Waals surface area contributed by atoms with Gasteiger partial charge < -0.3 is 16.0 Å². The summed E-state index contributed by atoms with van der Waals surface area (Å²) >= 11 is 5.95. The monoisotopic (exact) mass is 616 g/mol. The smallest absolute Gasteiger partial charge is 0.366 e. The molecule has 1 aromatic carbocycles. The lowest BCUT2D eigenvalue weighted by atomic mass is 9.89.